The summed E-state index contributed by atoms with van der Waals surface area (Å²) in [7, 11) is -3.98. The van der Waals surface area contributed by atoms with E-state index < -0.39 is 30.7 Å². The van der Waals surface area contributed by atoms with Crippen molar-refractivity contribution in [1.82, 2.24) is 4.98 Å². The van der Waals surface area contributed by atoms with Crippen molar-refractivity contribution >= 4 is 27.1 Å². The average molecular weight is 290 g/mol. The highest BCUT2D eigenvalue weighted by Gasteiger charge is 2.32. The van der Waals surface area contributed by atoms with Crippen LogP contribution in [0.2, 0.25) is 0 Å². The van der Waals surface area contributed by atoms with Crippen LogP contribution in [-0.4, -0.2) is 29.5 Å². The van der Waals surface area contributed by atoms with Crippen molar-refractivity contribution in [2.45, 2.75) is 17.2 Å². The van der Waals surface area contributed by atoms with Crippen LogP contribution in [0.3, 0.4) is 0 Å². The molecule has 1 rings (SSSR count). The maximum atomic E-state index is 12.0. The highest BCUT2D eigenvalue weighted by atomic mass is 35.5. The minimum atomic E-state index is -3.98. The fourth-order valence-corrected chi connectivity index (χ4v) is 2.79. The van der Waals surface area contributed by atoms with Gasteiger partial charge < -0.3 is 0 Å². The van der Waals surface area contributed by atoms with Gasteiger partial charge in [0.1, 0.15) is 6.07 Å². The van der Waals surface area contributed by atoms with E-state index in [-0.39, 0.29) is 11.4 Å². The second-order valence-corrected chi connectivity index (χ2v) is 6.02. The van der Waals surface area contributed by atoms with Crippen molar-refractivity contribution in [3.05, 3.63) is 27.9 Å². The van der Waals surface area contributed by atoms with Crippen LogP contribution in [0.5, 0.6) is 0 Å². The molecular weight excluding hydrogens is 282 g/mol. The Labute approximate surface area is 108 Å². The Morgan fingerprint density at radius 3 is 2.72 bits per heavy atom. The largest absolute Gasteiger partial charge is 0.307 e. The van der Waals surface area contributed by atoms with E-state index >= 15 is 0 Å². The van der Waals surface area contributed by atoms with Gasteiger partial charge in [-0.2, -0.15) is 5.26 Å². The van der Waals surface area contributed by atoms with Crippen molar-refractivity contribution in [1.29, 1.82) is 5.26 Å². The molecule has 0 fully saturated rings. The third-order valence-electron chi connectivity index (χ3n) is 2.17. The number of nitro groups is 1. The second kappa shape index (κ2) is 5.29. The summed E-state index contributed by atoms with van der Waals surface area (Å²) in [5, 5.41) is 17.7. The van der Waals surface area contributed by atoms with Gasteiger partial charge in [-0.05, 0) is 6.92 Å². The van der Waals surface area contributed by atoms with Crippen molar-refractivity contribution < 1.29 is 13.3 Å². The summed E-state index contributed by atoms with van der Waals surface area (Å²) < 4.78 is 23.9. The van der Waals surface area contributed by atoms with E-state index in [1.807, 2.05) is 0 Å². The molecule has 0 spiro atoms. The summed E-state index contributed by atoms with van der Waals surface area (Å²) in [5.41, 5.74) is -0.801. The highest BCUT2D eigenvalue weighted by Crippen LogP contribution is 2.25. The van der Waals surface area contributed by atoms with E-state index in [0.717, 1.165) is 12.3 Å². The lowest BCUT2D eigenvalue weighted by Crippen LogP contribution is -2.21. The zero-order valence-electron chi connectivity index (χ0n) is 9.20. The Bertz CT molecular complexity index is 623. The van der Waals surface area contributed by atoms with E-state index in [4.69, 9.17) is 16.9 Å². The Hall–Kier alpha value is -1.72. The molecule has 1 unspecified atom stereocenters. The lowest BCUT2D eigenvalue weighted by atomic mass is 10.3. The third-order valence-corrected chi connectivity index (χ3v) is 4.90. The molecule has 0 N–H and O–H groups in total. The van der Waals surface area contributed by atoms with Crippen LogP contribution < -0.4 is 0 Å². The third kappa shape index (κ3) is 2.57. The number of pyridine rings is 1. The minimum Gasteiger partial charge on any atom is -0.258 e. The van der Waals surface area contributed by atoms with E-state index in [1.165, 1.54) is 6.92 Å². The predicted octanol–water partition coefficient (Wildman–Crippen LogP) is 1.26. The SMILES string of the molecule is CC(CCl)S(=O)(=O)c1ncc(C#N)cc1[N+](=O)[O-]. The number of halogens is 1. The van der Waals surface area contributed by atoms with Crippen molar-refractivity contribution in [3.8, 4) is 6.07 Å². The van der Waals surface area contributed by atoms with Gasteiger partial charge in [-0.25, -0.2) is 13.4 Å². The second-order valence-electron chi connectivity index (χ2n) is 3.43. The first kappa shape index (κ1) is 14.3. The number of aromatic nitrogens is 1. The summed E-state index contributed by atoms with van der Waals surface area (Å²) >= 11 is 5.45. The van der Waals surface area contributed by atoms with Gasteiger partial charge in [0.15, 0.2) is 0 Å². The van der Waals surface area contributed by atoms with Gasteiger partial charge in [0.05, 0.1) is 15.7 Å². The molecule has 1 aromatic rings. The summed E-state index contributed by atoms with van der Waals surface area (Å²) in [6.07, 6.45) is 0.973. The van der Waals surface area contributed by atoms with E-state index in [0.29, 0.717) is 0 Å². The predicted molar refractivity (Wildman–Crippen MR) is 63.0 cm³/mol. The molecule has 1 aromatic heterocycles. The molecule has 1 atom stereocenters. The zero-order valence-corrected chi connectivity index (χ0v) is 10.8. The molecule has 0 bridgehead atoms. The maximum Gasteiger partial charge on any atom is 0.307 e. The Morgan fingerprint density at radius 2 is 2.28 bits per heavy atom. The molecule has 1 heterocycles. The molecular formula is C9H8ClN3O4S. The quantitative estimate of drug-likeness (QED) is 0.468. The minimum absolute atomic E-state index is 0.0841. The van der Waals surface area contributed by atoms with E-state index in [1.54, 1.807) is 6.07 Å². The highest BCUT2D eigenvalue weighted by molar-refractivity contribution is 7.92. The topological polar surface area (TPSA) is 114 Å². The molecule has 0 aromatic carbocycles. The molecule has 0 aliphatic heterocycles. The number of nitriles is 1. The number of rotatable bonds is 4. The molecule has 18 heavy (non-hydrogen) atoms. The number of hydrogen-bond donors (Lipinski definition) is 0. The van der Waals surface area contributed by atoms with Gasteiger partial charge >= 0.3 is 5.69 Å². The van der Waals surface area contributed by atoms with Gasteiger partial charge in [-0.1, -0.05) is 0 Å². The Morgan fingerprint density at radius 1 is 1.67 bits per heavy atom. The zero-order chi connectivity index (χ0) is 13.9. The fraction of sp³-hybridized carbons (Fsp3) is 0.333. The summed E-state index contributed by atoms with van der Waals surface area (Å²) in [6, 6.07) is 2.53. The molecule has 0 radical (unpaired) electrons. The summed E-state index contributed by atoms with van der Waals surface area (Å²) in [5.74, 6) is -0.207. The normalized spacial score (nSPS) is 12.7. The van der Waals surface area contributed by atoms with Gasteiger partial charge in [0, 0.05) is 18.1 Å². The van der Waals surface area contributed by atoms with Crippen molar-refractivity contribution in [3.63, 3.8) is 0 Å². The van der Waals surface area contributed by atoms with Gasteiger partial charge in [0.25, 0.3) is 0 Å². The average Bonchev–Trinajstić information content (AvgIpc) is 2.36. The lowest BCUT2D eigenvalue weighted by Gasteiger charge is -2.08. The standard InChI is InChI=1S/C9H8ClN3O4S/c1-6(3-10)18(16,17)9-8(13(14)15)2-7(4-11)5-12-9/h2,5-6H,3H2,1H3. The number of nitrogens with zero attached hydrogens (tertiary/aromatic N) is 3. The van der Waals surface area contributed by atoms with Crippen LogP contribution in [0.1, 0.15) is 12.5 Å². The monoisotopic (exact) mass is 289 g/mol. The molecule has 7 nitrogen and oxygen atoms in total. The first-order valence-electron chi connectivity index (χ1n) is 4.69. The molecule has 0 amide bonds. The Balaban J connectivity index is 3.52. The lowest BCUT2D eigenvalue weighted by molar-refractivity contribution is -0.388. The van der Waals surface area contributed by atoms with Crippen LogP contribution in [-0.2, 0) is 9.84 Å². The van der Waals surface area contributed by atoms with Gasteiger partial charge in [-0.15, -0.1) is 11.6 Å². The van der Waals surface area contributed by atoms with Crippen LogP contribution in [0.15, 0.2) is 17.3 Å². The van der Waals surface area contributed by atoms with Crippen molar-refractivity contribution in [2.75, 3.05) is 5.88 Å². The molecule has 0 saturated heterocycles. The Kier molecular flexibility index (Phi) is 4.21. The molecule has 0 aliphatic carbocycles. The fourth-order valence-electron chi connectivity index (χ4n) is 1.13. The van der Waals surface area contributed by atoms with Crippen LogP contribution in [0.4, 0.5) is 5.69 Å². The van der Waals surface area contributed by atoms with E-state index in [9.17, 15) is 18.5 Å². The molecule has 96 valence electrons. The summed E-state index contributed by atoms with van der Waals surface area (Å²) in [4.78, 5) is 13.4. The van der Waals surface area contributed by atoms with Crippen LogP contribution in [0, 0.1) is 21.4 Å². The number of alkyl halides is 1. The molecule has 0 aliphatic rings. The first-order valence-corrected chi connectivity index (χ1v) is 6.77. The van der Waals surface area contributed by atoms with Crippen LogP contribution >= 0.6 is 11.6 Å². The summed E-state index contributed by atoms with van der Waals surface area (Å²) in [6.45, 7) is 1.33. The smallest absolute Gasteiger partial charge is 0.258 e. The maximum absolute atomic E-state index is 12.0. The number of hydrogen-bond acceptors (Lipinski definition) is 6. The van der Waals surface area contributed by atoms with E-state index in [2.05, 4.69) is 4.98 Å². The number of sulfone groups is 1. The van der Waals surface area contributed by atoms with Gasteiger partial charge in [-0.3, -0.25) is 10.1 Å². The molecule has 9 heteroatoms. The van der Waals surface area contributed by atoms with Crippen LogP contribution in [0.25, 0.3) is 0 Å². The van der Waals surface area contributed by atoms with Gasteiger partial charge in [0.2, 0.25) is 14.9 Å². The first-order chi connectivity index (χ1) is 8.34. The van der Waals surface area contributed by atoms with Crippen molar-refractivity contribution in [2.24, 2.45) is 0 Å². The molecule has 0 saturated carbocycles.